The predicted octanol–water partition coefficient (Wildman–Crippen LogP) is -1.65. The maximum Gasteiger partial charge on any atom is 0.418 e. The molecule has 0 spiro atoms. The Morgan fingerprint density at radius 2 is 2.00 bits per heavy atom. The van der Waals surface area contributed by atoms with E-state index < -0.39 is 28.5 Å². The van der Waals surface area contributed by atoms with Crippen molar-refractivity contribution in [2.45, 2.75) is 24.9 Å². The minimum atomic E-state index is -4.78. The normalized spacial score (nSPS) is 29.0. The number of carbonyl (C=O) groups excluding carboxylic acids is 2. The standard InChI is InChI=1S/C11H18N4O7S/c16-10(12-13-3-5-21-6-4-13)9-2-1-8-7-14(9)11(17)15(8)22-23(18,19)20/h8-9H,1-7H2,(H,12,16)(H,18,19,20)/t8-,9+/m0/s1. The van der Waals surface area contributed by atoms with Crippen LogP contribution in [0.5, 0.6) is 0 Å². The third-order valence-corrected chi connectivity index (χ3v) is 4.43. The van der Waals surface area contributed by atoms with Crippen LogP contribution in [-0.4, -0.2) is 84.8 Å². The van der Waals surface area contributed by atoms with Gasteiger partial charge in [-0.25, -0.2) is 9.80 Å². The van der Waals surface area contributed by atoms with Gasteiger partial charge in [0.05, 0.1) is 19.3 Å². The summed E-state index contributed by atoms with van der Waals surface area (Å²) in [4.78, 5) is 25.8. The first-order valence-electron chi connectivity index (χ1n) is 7.25. The van der Waals surface area contributed by atoms with Gasteiger partial charge in [-0.2, -0.15) is 13.5 Å². The zero-order valence-corrected chi connectivity index (χ0v) is 13.1. The van der Waals surface area contributed by atoms with Crippen LogP contribution < -0.4 is 5.43 Å². The van der Waals surface area contributed by atoms with Crippen LogP contribution in [0.3, 0.4) is 0 Å². The van der Waals surface area contributed by atoms with Gasteiger partial charge in [0.2, 0.25) is 0 Å². The number of nitrogens with one attached hydrogen (secondary N) is 1. The lowest BCUT2D eigenvalue weighted by Crippen LogP contribution is -2.56. The fraction of sp³-hybridized carbons (Fsp3) is 0.818. The van der Waals surface area contributed by atoms with Crippen molar-refractivity contribution in [1.29, 1.82) is 0 Å². The Labute approximate surface area is 133 Å². The first-order chi connectivity index (χ1) is 10.8. The highest BCUT2D eigenvalue weighted by Crippen LogP contribution is 2.30. The molecule has 2 N–H and O–H groups in total. The molecule has 0 aliphatic carbocycles. The van der Waals surface area contributed by atoms with Gasteiger partial charge in [-0.15, -0.1) is 4.28 Å². The van der Waals surface area contributed by atoms with Crippen LogP contribution in [0, 0.1) is 0 Å². The summed E-state index contributed by atoms with van der Waals surface area (Å²) in [7, 11) is -4.78. The average molecular weight is 350 g/mol. The number of nitrogens with zero attached hydrogens (tertiary/aromatic N) is 3. The summed E-state index contributed by atoms with van der Waals surface area (Å²) in [6.07, 6.45) is 0.789. The Morgan fingerprint density at radius 1 is 1.30 bits per heavy atom. The number of carbonyl (C=O) groups is 2. The van der Waals surface area contributed by atoms with E-state index in [0.717, 1.165) is 0 Å². The minimum absolute atomic E-state index is 0.176. The number of rotatable bonds is 4. The van der Waals surface area contributed by atoms with Crippen LogP contribution in [0.25, 0.3) is 0 Å². The smallest absolute Gasteiger partial charge is 0.379 e. The highest BCUT2D eigenvalue weighted by atomic mass is 32.3. The second kappa shape index (κ2) is 6.20. The summed E-state index contributed by atoms with van der Waals surface area (Å²) in [5, 5.41) is 2.35. The fourth-order valence-electron chi connectivity index (χ4n) is 3.01. The molecule has 0 saturated carbocycles. The molecule has 0 aromatic carbocycles. The van der Waals surface area contributed by atoms with Gasteiger partial charge in [-0.05, 0) is 12.8 Å². The highest BCUT2D eigenvalue weighted by Gasteiger charge is 2.49. The summed E-state index contributed by atoms with van der Waals surface area (Å²) in [5.41, 5.74) is 2.75. The second-order valence-electron chi connectivity index (χ2n) is 5.59. The maximum atomic E-state index is 12.4. The van der Waals surface area contributed by atoms with E-state index in [-0.39, 0.29) is 12.5 Å². The lowest BCUT2D eigenvalue weighted by atomic mass is 10.0. The molecule has 3 rings (SSSR count). The summed E-state index contributed by atoms with van der Waals surface area (Å²) < 4.78 is 39.9. The van der Waals surface area contributed by atoms with Gasteiger partial charge < -0.3 is 9.64 Å². The Morgan fingerprint density at radius 3 is 2.65 bits per heavy atom. The molecule has 3 aliphatic heterocycles. The third kappa shape index (κ3) is 3.55. The third-order valence-electron chi connectivity index (χ3n) is 4.08. The van der Waals surface area contributed by atoms with Gasteiger partial charge in [0.1, 0.15) is 6.04 Å². The monoisotopic (exact) mass is 350 g/mol. The highest BCUT2D eigenvalue weighted by molar-refractivity contribution is 7.80. The van der Waals surface area contributed by atoms with Crippen molar-refractivity contribution in [2.75, 3.05) is 32.8 Å². The number of ether oxygens (including phenoxy) is 1. The van der Waals surface area contributed by atoms with Crippen molar-refractivity contribution < 1.29 is 31.6 Å². The predicted molar refractivity (Wildman–Crippen MR) is 73.9 cm³/mol. The number of piperidine rings is 1. The molecule has 3 amide bonds. The number of urea groups is 1. The molecule has 0 aromatic rings. The van der Waals surface area contributed by atoms with Gasteiger partial charge in [-0.3, -0.25) is 14.8 Å². The molecule has 3 heterocycles. The molecule has 23 heavy (non-hydrogen) atoms. The maximum absolute atomic E-state index is 12.4. The van der Waals surface area contributed by atoms with Crippen LogP contribution in [0.4, 0.5) is 4.79 Å². The van der Waals surface area contributed by atoms with E-state index in [4.69, 9.17) is 9.29 Å². The van der Waals surface area contributed by atoms with Crippen molar-refractivity contribution >= 4 is 22.3 Å². The van der Waals surface area contributed by atoms with E-state index in [1.54, 1.807) is 5.01 Å². The molecule has 0 unspecified atom stereocenters. The number of morpholine rings is 1. The first-order valence-corrected chi connectivity index (χ1v) is 8.62. The Balaban J connectivity index is 1.64. The van der Waals surface area contributed by atoms with Crippen molar-refractivity contribution in [3.8, 4) is 0 Å². The van der Waals surface area contributed by atoms with Gasteiger partial charge in [0, 0.05) is 19.6 Å². The number of hydrazine groups is 1. The van der Waals surface area contributed by atoms with Crippen LogP contribution in [0.15, 0.2) is 0 Å². The molecule has 2 atom stereocenters. The van der Waals surface area contributed by atoms with E-state index in [1.165, 1.54) is 4.90 Å². The Kier molecular flexibility index (Phi) is 4.42. The number of hydrogen-bond donors (Lipinski definition) is 2. The molecule has 130 valence electrons. The van der Waals surface area contributed by atoms with Gasteiger partial charge in [0.25, 0.3) is 5.91 Å². The molecule has 11 nitrogen and oxygen atoms in total. The molecule has 3 saturated heterocycles. The van der Waals surface area contributed by atoms with Crippen LogP contribution in [-0.2, 0) is 24.2 Å². The SMILES string of the molecule is O=C(NN1CCOCC1)[C@H]1CC[C@H]2CN1C(=O)N2OS(=O)(=O)O. The molecule has 3 fully saturated rings. The van der Waals surface area contributed by atoms with Crippen molar-refractivity contribution in [1.82, 2.24) is 20.4 Å². The van der Waals surface area contributed by atoms with Crippen molar-refractivity contribution in [3.05, 3.63) is 0 Å². The molecule has 0 aromatic heterocycles. The summed E-state index contributed by atoms with van der Waals surface area (Å²) in [6, 6.07) is -1.94. The number of hydrogen-bond acceptors (Lipinski definition) is 7. The van der Waals surface area contributed by atoms with Crippen LogP contribution in [0.2, 0.25) is 0 Å². The van der Waals surface area contributed by atoms with E-state index >= 15 is 0 Å². The lowest BCUT2D eigenvalue weighted by molar-refractivity contribution is -0.133. The molecule has 3 aliphatic rings. The Hall–Kier alpha value is -1.47. The Bertz CT molecular complexity index is 591. The fourth-order valence-corrected chi connectivity index (χ4v) is 3.40. The van der Waals surface area contributed by atoms with E-state index in [2.05, 4.69) is 9.71 Å². The van der Waals surface area contributed by atoms with Crippen LogP contribution in [0.1, 0.15) is 12.8 Å². The molecule has 0 radical (unpaired) electrons. The lowest BCUT2D eigenvalue weighted by Gasteiger charge is -2.33. The molecule has 12 heteroatoms. The molecular formula is C11H18N4O7S. The number of hydroxylamine groups is 2. The first kappa shape index (κ1) is 16.4. The largest absolute Gasteiger partial charge is 0.418 e. The minimum Gasteiger partial charge on any atom is -0.379 e. The van der Waals surface area contributed by atoms with Crippen molar-refractivity contribution in [3.63, 3.8) is 0 Å². The van der Waals surface area contributed by atoms with Gasteiger partial charge >= 0.3 is 16.4 Å². The van der Waals surface area contributed by atoms with Crippen molar-refractivity contribution in [2.24, 2.45) is 0 Å². The second-order valence-corrected chi connectivity index (χ2v) is 6.59. The van der Waals surface area contributed by atoms with E-state index in [1.807, 2.05) is 0 Å². The zero-order valence-electron chi connectivity index (χ0n) is 12.3. The summed E-state index contributed by atoms with van der Waals surface area (Å²) in [6.45, 7) is 2.34. The van der Waals surface area contributed by atoms with E-state index in [9.17, 15) is 18.0 Å². The average Bonchev–Trinajstić information content (AvgIpc) is 2.72. The molecule has 2 bridgehead atoms. The van der Waals surface area contributed by atoms with Gasteiger partial charge in [0.15, 0.2) is 0 Å². The summed E-state index contributed by atoms with van der Waals surface area (Å²) >= 11 is 0. The van der Waals surface area contributed by atoms with Crippen LogP contribution >= 0.6 is 0 Å². The quantitative estimate of drug-likeness (QED) is 0.577. The molecular weight excluding hydrogens is 332 g/mol. The van der Waals surface area contributed by atoms with E-state index in [0.29, 0.717) is 44.2 Å². The number of amides is 3. The topological polar surface area (TPSA) is 129 Å². The number of fused-ring (bicyclic) bond motifs is 2. The zero-order chi connectivity index (χ0) is 16.6. The summed E-state index contributed by atoms with van der Waals surface area (Å²) in [5.74, 6) is -0.326. The van der Waals surface area contributed by atoms with Gasteiger partial charge in [-0.1, -0.05) is 0 Å².